The summed E-state index contributed by atoms with van der Waals surface area (Å²) in [6.45, 7) is 4.84. The van der Waals surface area contributed by atoms with Gasteiger partial charge in [-0.15, -0.1) is 0 Å². The molecular formula is C13H20BrNO2. The Morgan fingerprint density at radius 3 is 2.71 bits per heavy atom. The van der Waals surface area contributed by atoms with Crippen molar-refractivity contribution >= 4 is 15.9 Å². The van der Waals surface area contributed by atoms with Gasteiger partial charge in [-0.2, -0.15) is 0 Å². The normalized spacial score (nSPS) is 14.4. The summed E-state index contributed by atoms with van der Waals surface area (Å²) in [4.78, 5) is 0. The molecule has 1 rings (SSSR count). The first-order valence-corrected chi connectivity index (χ1v) is 6.56. The molecule has 1 unspecified atom stereocenters. The van der Waals surface area contributed by atoms with Crippen molar-refractivity contribution in [2.24, 2.45) is 0 Å². The van der Waals surface area contributed by atoms with Gasteiger partial charge in [0.15, 0.2) is 0 Å². The number of benzene rings is 1. The van der Waals surface area contributed by atoms with E-state index in [-0.39, 0.29) is 0 Å². The minimum atomic E-state index is -0.775. The number of rotatable bonds is 6. The first kappa shape index (κ1) is 14.5. The molecule has 0 bridgehead atoms. The molecule has 0 aliphatic heterocycles. The van der Waals surface area contributed by atoms with E-state index in [0.717, 1.165) is 16.8 Å². The minimum Gasteiger partial charge on any atom is -0.489 e. The largest absolute Gasteiger partial charge is 0.489 e. The molecule has 2 N–H and O–H groups in total. The average molecular weight is 302 g/mol. The summed E-state index contributed by atoms with van der Waals surface area (Å²) in [5.41, 5.74) is 0.414. The predicted octanol–water partition coefficient (Wildman–Crippen LogP) is 2.71. The lowest BCUT2D eigenvalue weighted by Gasteiger charge is -2.22. The monoisotopic (exact) mass is 301 g/mol. The van der Waals surface area contributed by atoms with Crippen LogP contribution in [-0.2, 0) is 6.54 Å². The maximum Gasteiger partial charge on any atom is 0.133 e. The van der Waals surface area contributed by atoms with Crippen LogP contribution in [0.4, 0.5) is 0 Å². The van der Waals surface area contributed by atoms with Gasteiger partial charge >= 0.3 is 0 Å². The van der Waals surface area contributed by atoms with Crippen molar-refractivity contribution in [1.29, 1.82) is 0 Å². The number of aliphatic hydroxyl groups is 1. The van der Waals surface area contributed by atoms with Gasteiger partial charge < -0.3 is 15.2 Å². The molecule has 0 fully saturated rings. The summed E-state index contributed by atoms with van der Waals surface area (Å²) in [6, 6.07) is 5.95. The van der Waals surface area contributed by atoms with Gasteiger partial charge in [0.25, 0.3) is 0 Å². The fourth-order valence-corrected chi connectivity index (χ4v) is 1.85. The Kier molecular flexibility index (Phi) is 5.43. The summed E-state index contributed by atoms with van der Waals surface area (Å²) in [6.07, 6.45) is 0.669. The first-order chi connectivity index (χ1) is 7.98. The Hall–Kier alpha value is -0.580. The lowest BCUT2D eigenvalue weighted by molar-refractivity contribution is 0.00823. The van der Waals surface area contributed by atoms with Crippen LogP contribution in [0.2, 0.25) is 0 Å². The van der Waals surface area contributed by atoms with Crippen molar-refractivity contribution in [1.82, 2.24) is 5.32 Å². The van der Waals surface area contributed by atoms with E-state index in [4.69, 9.17) is 4.74 Å². The van der Waals surface area contributed by atoms with Crippen LogP contribution < -0.4 is 10.1 Å². The average Bonchev–Trinajstić information content (AvgIpc) is 2.28. The van der Waals surface area contributed by atoms with Gasteiger partial charge in [0.2, 0.25) is 0 Å². The van der Waals surface area contributed by atoms with Crippen LogP contribution >= 0.6 is 15.9 Å². The molecule has 1 aromatic carbocycles. The van der Waals surface area contributed by atoms with Crippen LogP contribution in [0.25, 0.3) is 0 Å². The molecule has 0 spiro atoms. The highest BCUT2D eigenvalue weighted by Gasteiger charge is 2.18. The van der Waals surface area contributed by atoms with Crippen LogP contribution in [0.5, 0.6) is 5.75 Å². The maximum atomic E-state index is 9.86. The molecule has 0 saturated carbocycles. The van der Waals surface area contributed by atoms with Crippen molar-refractivity contribution < 1.29 is 9.84 Å². The third kappa shape index (κ3) is 4.66. The molecule has 17 heavy (non-hydrogen) atoms. The second-order valence-corrected chi connectivity index (χ2v) is 5.29. The Labute approximate surface area is 111 Å². The SMILES string of the molecule is CCC(C)(O)COc1ccc(CNC)cc1Br. The number of hydrogen-bond donors (Lipinski definition) is 2. The van der Waals surface area contributed by atoms with E-state index in [0.29, 0.717) is 13.0 Å². The number of halogens is 1. The molecule has 0 heterocycles. The Bertz CT molecular complexity index is 366. The zero-order valence-corrected chi connectivity index (χ0v) is 12.2. The van der Waals surface area contributed by atoms with Crippen molar-refractivity contribution in [2.45, 2.75) is 32.4 Å². The van der Waals surface area contributed by atoms with E-state index in [1.54, 1.807) is 6.92 Å². The Morgan fingerprint density at radius 1 is 1.47 bits per heavy atom. The van der Waals surface area contributed by atoms with E-state index in [2.05, 4.69) is 21.2 Å². The lowest BCUT2D eigenvalue weighted by atomic mass is 10.1. The van der Waals surface area contributed by atoms with E-state index < -0.39 is 5.60 Å². The van der Waals surface area contributed by atoms with Gasteiger partial charge in [0.1, 0.15) is 12.4 Å². The second-order valence-electron chi connectivity index (χ2n) is 4.43. The van der Waals surface area contributed by atoms with Crippen LogP contribution in [0.3, 0.4) is 0 Å². The fourth-order valence-electron chi connectivity index (χ4n) is 1.31. The minimum absolute atomic E-state index is 0.299. The predicted molar refractivity (Wildman–Crippen MR) is 73.3 cm³/mol. The quantitative estimate of drug-likeness (QED) is 0.849. The molecule has 0 aliphatic rings. The van der Waals surface area contributed by atoms with E-state index in [1.165, 1.54) is 5.56 Å². The Morgan fingerprint density at radius 2 is 2.18 bits per heavy atom. The molecule has 3 nitrogen and oxygen atoms in total. The number of ether oxygens (including phenoxy) is 1. The zero-order valence-electron chi connectivity index (χ0n) is 10.6. The molecule has 1 aromatic rings. The summed E-state index contributed by atoms with van der Waals surface area (Å²) in [5, 5.41) is 13.0. The van der Waals surface area contributed by atoms with Crippen LogP contribution in [0.1, 0.15) is 25.8 Å². The second kappa shape index (κ2) is 6.38. The van der Waals surface area contributed by atoms with E-state index in [1.807, 2.05) is 32.2 Å². The molecule has 1 atom stereocenters. The molecule has 0 radical (unpaired) electrons. The molecular weight excluding hydrogens is 282 g/mol. The molecule has 0 aliphatic carbocycles. The summed E-state index contributed by atoms with van der Waals surface area (Å²) < 4.78 is 6.52. The van der Waals surface area contributed by atoms with Crippen LogP contribution in [-0.4, -0.2) is 24.4 Å². The fraction of sp³-hybridized carbons (Fsp3) is 0.538. The highest BCUT2D eigenvalue weighted by atomic mass is 79.9. The molecule has 0 amide bonds. The summed E-state index contributed by atoms with van der Waals surface area (Å²) in [5.74, 6) is 0.763. The van der Waals surface area contributed by atoms with Gasteiger partial charge in [0.05, 0.1) is 10.1 Å². The highest BCUT2D eigenvalue weighted by Crippen LogP contribution is 2.27. The first-order valence-electron chi connectivity index (χ1n) is 5.76. The van der Waals surface area contributed by atoms with Gasteiger partial charge in [-0.05, 0) is 54.0 Å². The summed E-state index contributed by atoms with van der Waals surface area (Å²) in [7, 11) is 1.91. The lowest BCUT2D eigenvalue weighted by Crippen LogP contribution is -2.31. The molecule has 96 valence electrons. The molecule has 0 aromatic heterocycles. The zero-order chi connectivity index (χ0) is 12.9. The standard InChI is InChI=1S/C13H20BrNO2/c1-4-13(2,16)9-17-12-6-5-10(8-15-3)7-11(12)14/h5-7,15-16H,4,8-9H2,1-3H3. The number of nitrogens with one attached hydrogen (secondary N) is 1. The van der Waals surface area contributed by atoms with E-state index >= 15 is 0 Å². The molecule has 0 saturated heterocycles. The molecule has 4 heteroatoms. The van der Waals surface area contributed by atoms with Crippen LogP contribution in [0, 0.1) is 0 Å². The third-order valence-corrected chi connectivity index (χ3v) is 3.30. The Balaban J connectivity index is 2.66. The van der Waals surface area contributed by atoms with Gasteiger partial charge in [-0.1, -0.05) is 13.0 Å². The van der Waals surface area contributed by atoms with E-state index in [9.17, 15) is 5.11 Å². The van der Waals surface area contributed by atoms with Gasteiger partial charge in [-0.3, -0.25) is 0 Å². The summed E-state index contributed by atoms with van der Waals surface area (Å²) >= 11 is 3.47. The maximum absolute atomic E-state index is 9.86. The smallest absolute Gasteiger partial charge is 0.133 e. The van der Waals surface area contributed by atoms with Gasteiger partial charge in [0, 0.05) is 6.54 Å². The topological polar surface area (TPSA) is 41.5 Å². The van der Waals surface area contributed by atoms with Crippen LogP contribution in [0.15, 0.2) is 22.7 Å². The van der Waals surface area contributed by atoms with Crippen molar-refractivity contribution in [3.05, 3.63) is 28.2 Å². The van der Waals surface area contributed by atoms with Crippen molar-refractivity contribution in [2.75, 3.05) is 13.7 Å². The number of hydrogen-bond acceptors (Lipinski definition) is 3. The van der Waals surface area contributed by atoms with Crippen molar-refractivity contribution in [3.8, 4) is 5.75 Å². The van der Waals surface area contributed by atoms with Crippen molar-refractivity contribution in [3.63, 3.8) is 0 Å². The third-order valence-electron chi connectivity index (χ3n) is 2.68. The van der Waals surface area contributed by atoms with Gasteiger partial charge in [-0.25, -0.2) is 0 Å². The highest BCUT2D eigenvalue weighted by molar-refractivity contribution is 9.10.